The van der Waals surface area contributed by atoms with Gasteiger partial charge in [-0.15, -0.1) is 0 Å². The summed E-state index contributed by atoms with van der Waals surface area (Å²) in [7, 11) is 0. The second-order valence-electron chi connectivity index (χ2n) is 8.42. The SMILES string of the molecule is Cc1nsc(Nc2cnc(C(F)(F)F)cn2)c1C(=O)Nc1ccc(OC2CCN(CCC(F)(F)F)C2)nc1. The van der Waals surface area contributed by atoms with Crippen LogP contribution < -0.4 is 15.4 Å². The number of hydrogen-bond acceptors (Lipinski definition) is 9. The Morgan fingerprint density at radius 2 is 1.92 bits per heavy atom. The molecule has 0 bridgehead atoms. The number of amides is 1. The van der Waals surface area contributed by atoms with Gasteiger partial charge in [-0.3, -0.25) is 9.69 Å². The van der Waals surface area contributed by atoms with Gasteiger partial charge in [0.05, 0.1) is 42.0 Å². The zero-order valence-electron chi connectivity index (χ0n) is 19.7. The minimum atomic E-state index is -4.62. The number of carbonyl (C=O) groups excluding carboxylic acids is 1. The highest BCUT2D eigenvalue weighted by Gasteiger charge is 2.33. The molecule has 0 spiro atoms. The van der Waals surface area contributed by atoms with Crippen LogP contribution in [0.15, 0.2) is 30.7 Å². The molecule has 16 heteroatoms. The number of pyridine rings is 1. The molecule has 38 heavy (non-hydrogen) atoms. The minimum Gasteiger partial charge on any atom is -0.473 e. The fourth-order valence-corrected chi connectivity index (χ4v) is 4.45. The summed E-state index contributed by atoms with van der Waals surface area (Å²) in [6, 6.07) is 3.09. The predicted molar refractivity (Wildman–Crippen MR) is 126 cm³/mol. The molecule has 0 aliphatic carbocycles. The Bertz CT molecular complexity index is 1250. The van der Waals surface area contributed by atoms with E-state index in [0.717, 1.165) is 17.7 Å². The van der Waals surface area contributed by atoms with Gasteiger partial charge in [0, 0.05) is 25.7 Å². The number of likely N-dealkylation sites (tertiary alicyclic amines) is 1. The summed E-state index contributed by atoms with van der Waals surface area (Å²) in [6.45, 7) is 2.38. The van der Waals surface area contributed by atoms with Crippen LogP contribution in [0.3, 0.4) is 0 Å². The van der Waals surface area contributed by atoms with Crippen molar-refractivity contribution in [3.63, 3.8) is 0 Å². The number of rotatable bonds is 8. The molecule has 4 heterocycles. The minimum absolute atomic E-state index is 0.00255. The molecule has 3 aromatic rings. The zero-order chi connectivity index (χ0) is 27.5. The quantitative estimate of drug-likeness (QED) is 0.368. The second kappa shape index (κ2) is 11.1. The largest absolute Gasteiger partial charge is 0.473 e. The van der Waals surface area contributed by atoms with Gasteiger partial charge < -0.3 is 15.4 Å². The van der Waals surface area contributed by atoms with E-state index in [1.54, 1.807) is 17.9 Å². The third kappa shape index (κ3) is 7.28. The normalized spacial score (nSPS) is 16.4. The van der Waals surface area contributed by atoms with Crippen LogP contribution >= 0.6 is 11.5 Å². The highest BCUT2D eigenvalue weighted by molar-refractivity contribution is 7.10. The van der Waals surface area contributed by atoms with E-state index < -0.39 is 30.4 Å². The molecule has 0 aromatic carbocycles. The van der Waals surface area contributed by atoms with E-state index in [4.69, 9.17) is 4.74 Å². The summed E-state index contributed by atoms with van der Waals surface area (Å²) in [6.07, 6.45) is -6.57. The van der Waals surface area contributed by atoms with E-state index in [-0.39, 0.29) is 34.9 Å². The zero-order valence-corrected chi connectivity index (χ0v) is 20.5. The monoisotopic (exact) mass is 561 g/mol. The van der Waals surface area contributed by atoms with Crippen molar-refractivity contribution in [2.24, 2.45) is 0 Å². The average Bonchev–Trinajstić information content (AvgIpc) is 3.44. The maximum atomic E-state index is 12.9. The molecule has 0 radical (unpaired) electrons. The summed E-state index contributed by atoms with van der Waals surface area (Å²) < 4.78 is 85.2. The summed E-state index contributed by atoms with van der Waals surface area (Å²) in [5.74, 6) is -0.268. The smallest absolute Gasteiger partial charge is 0.434 e. The van der Waals surface area contributed by atoms with Gasteiger partial charge in [0.2, 0.25) is 5.88 Å². The highest BCUT2D eigenvalue weighted by Crippen LogP contribution is 2.30. The van der Waals surface area contributed by atoms with Crippen LogP contribution in [0.5, 0.6) is 5.88 Å². The van der Waals surface area contributed by atoms with E-state index in [2.05, 4.69) is 30.0 Å². The average molecular weight is 562 g/mol. The number of anilines is 3. The number of aryl methyl sites for hydroxylation is 1. The van der Waals surface area contributed by atoms with Gasteiger partial charge in [-0.1, -0.05) is 0 Å². The van der Waals surface area contributed by atoms with Crippen LogP contribution in [0.2, 0.25) is 0 Å². The Kier molecular flexibility index (Phi) is 8.01. The molecule has 1 fully saturated rings. The molecule has 9 nitrogen and oxygen atoms in total. The van der Waals surface area contributed by atoms with E-state index in [1.165, 1.54) is 12.3 Å². The van der Waals surface area contributed by atoms with Gasteiger partial charge in [0.1, 0.15) is 16.9 Å². The topological polar surface area (TPSA) is 105 Å². The Morgan fingerprint density at radius 3 is 2.55 bits per heavy atom. The lowest BCUT2D eigenvalue weighted by molar-refractivity contribution is -0.141. The molecule has 204 valence electrons. The Hall–Kier alpha value is -3.53. The lowest BCUT2D eigenvalue weighted by atomic mass is 10.2. The number of halogens is 6. The van der Waals surface area contributed by atoms with Gasteiger partial charge in [-0.2, -0.15) is 30.7 Å². The van der Waals surface area contributed by atoms with Crippen molar-refractivity contribution in [1.82, 2.24) is 24.2 Å². The van der Waals surface area contributed by atoms with Crippen LogP contribution in [0.1, 0.15) is 34.6 Å². The molecule has 3 aromatic heterocycles. The van der Waals surface area contributed by atoms with Gasteiger partial charge in [-0.25, -0.2) is 15.0 Å². The summed E-state index contributed by atoms with van der Waals surface area (Å²) in [5, 5.41) is 5.69. The van der Waals surface area contributed by atoms with Crippen LogP contribution in [-0.4, -0.2) is 62.0 Å². The predicted octanol–water partition coefficient (Wildman–Crippen LogP) is 5.06. The third-order valence-electron chi connectivity index (χ3n) is 5.50. The van der Waals surface area contributed by atoms with Crippen molar-refractivity contribution in [3.8, 4) is 5.88 Å². The number of carbonyl (C=O) groups is 1. The fraction of sp³-hybridized carbons (Fsp3) is 0.409. The van der Waals surface area contributed by atoms with E-state index >= 15 is 0 Å². The number of nitrogens with one attached hydrogen (secondary N) is 2. The maximum absolute atomic E-state index is 12.9. The Labute approximate surface area is 216 Å². The van der Waals surface area contributed by atoms with Crippen LogP contribution in [0.4, 0.5) is 42.8 Å². The summed E-state index contributed by atoms with van der Waals surface area (Å²) in [5.41, 5.74) is -0.249. The number of aromatic nitrogens is 4. The van der Waals surface area contributed by atoms with Gasteiger partial charge in [0.25, 0.3) is 5.91 Å². The molecule has 1 saturated heterocycles. The Morgan fingerprint density at radius 1 is 1.13 bits per heavy atom. The van der Waals surface area contributed by atoms with Gasteiger partial charge >= 0.3 is 12.4 Å². The molecule has 2 N–H and O–H groups in total. The first-order chi connectivity index (χ1) is 17.9. The van der Waals surface area contributed by atoms with Crippen molar-refractivity contribution in [3.05, 3.63) is 47.7 Å². The first-order valence-electron chi connectivity index (χ1n) is 11.2. The van der Waals surface area contributed by atoms with E-state index in [0.29, 0.717) is 37.1 Å². The van der Waals surface area contributed by atoms with Crippen molar-refractivity contribution < 1.29 is 35.9 Å². The van der Waals surface area contributed by atoms with E-state index in [9.17, 15) is 31.1 Å². The van der Waals surface area contributed by atoms with Crippen molar-refractivity contribution >= 4 is 33.9 Å². The molecule has 1 aliphatic heterocycles. The summed E-state index contributed by atoms with van der Waals surface area (Å²) >= 11 is 0.931. The number of ether oxygens (including phenoxy) is 1. The molecule has 1 aliphatic rings. The molecule has 0 saturated carbocycles. The highest BCUT2D eigenvalue weighted by atomic mass is 32.1. The number of hydrogen-bond donors (Lipinski definition) is 2. The van der Waals surface area contributed by atoms with Crippen molar-refractivity contribution in [1.29, 1.82) is 0 Å². The van der Waals surface area contributed by atoms with E-state index in [1.807, 2.05) is 0 Å². The van der Waals surface area contributed by atoms with Crippen LogP contribution in [0, 0.1) is 6.92 Å². The first kappa shape index (κ1) is 27.5. The Balaban J connectivity index is 1.33. The lowest BCUT2D eigenvalue weighted by Gasteiger charge is -2.17. The standard InChI is InChI=1S/C22H21F6N7O2S/c1-12-18(20(38-34-12)33-16-10-29-15(9-30-16)22(26,27)28)19(36)32-13-2-3-17(31-8-13)37-14-4-6-35(11-14)7-5-21(23,24)25/h2-3,8-10,14H,4-7,11H2,1H3,(H,30,33)(H,32,36). The van der Waals surface area contributed by atoms with Gasteiger partial charge in [-0.05, 0) is 30.9 Å². The fourth-order valence-electron chi connectivity index (χ4n) is 3.65. The van der Waals surface area contributed by atoms with Crippen molar-refractivity contribution in [2.75, 3.05) is 30.3 Å². The molecule has 4 rings (SSSR count). The van der Waals surface area contributed by atoms with Crippen LogP contribution in [-0.2, 0) is 6.18 Å². The van der Waals surface area contributed by atoms with Crippen LogP contribution in [0.25, 0.3) is 0 Å². The first-order valence-corrected chi connectivity index (χ1v) is 12.0. The molecule has 1 unspecified atom stereocenters. The van der Waals surface area contributed by atoms with Crippen molar-refractivity contribution in [2.45, 2.75) is 38.2 Å². The number of alkyl halides is 6. The molecule has 1 atom stereocenters. The number of nitrogens with zero attached hydrogens (tertiary/aromatic N) is 5. The molecular formula is C22H21F6N7O2S. The maximum Gasteiger partial charge on any atom is 0.434 e. The summed E-state index contributed by atoms with van der Waals surface area (Å²) in [4.78, 5) is 25.8. The molecule has 1 amide bonds. The second-order valence-corrected chi connectivity index (χ2v) is 9.19. The van der Waals surface area contributed by atoms with Gasteiger partial charge in [0.15, 0.2) is 5.69 Å². The lowest BCUT2D eigenvalue weighted by Crippen LogP contribution is -2.28. The third-order valence-corrected chi connectivity index (χ3v) is 6.35. The molecular weight excluding hydrogens is 540 g/mol.